The normalized spacial score (nSPS) is 10.1. The average molecular weight is 413 g/mol. The second kappa shape index (κ2) is 11.1. The van der Waals surface area contributed by atoms with Gasteiger partial charge in [0.1, 0.15) is 5.75 Å². The Morgan fingerprint density at radius 3 is 2.34 bits per heavy atom. The lowest BCUT2D eigenvalue weighted by molar-refractivity contribution is -0.145. The predicted octanol–water partition coefficient (Wildman–Crippen LogP) is 3.89. The number of carbonyl (C=O) groups excluding carboxylic acids is 2. The largest absolute Gasteiger partial charge is 0.497 e. The van der Waals surface area contributed by atoms with E-state index in [2.05, 4.69) is 0 Å². The number of carbonyl (C=O) groups is 2. The molecule has 7 heteroatoms. The lowest BCUT2D eigenvalue weighted by atomic mass is 10.1. The van der Waals surface area contributed by atoms with Gasteiger partial charge in [-0.05, 0) is 61.4 Å². The fourth-order valence-corrected chi connectivity index (χ4v) is 3.44. The van der Waals surface area contributed by atoms with Gasteiger partial charge in [-0.3, -0.25) is 9.59 Å². The monoisotopic (exact) mass is 412 g/mol. The summed E-state index contributed by atoms with van der Waals surface area (Å²) in [4.78, 5) is 27.1. The third kappa shape index (κ3) is 7.16. The van der Waals surface area contributed by atoms with Gasteiger partial charge < -0.3 is 14.4 Å². The number of hydrogen-bond donors (Lipinski definition) is 0. The van der Waals surface area contributed by atoms with Crippen LogP contribution in [0.25, 0.3) is 0 Å². The van der Waals surface area contributed by atoms with Crippen molar-refractivity contribution in [1.29, 1.82) is 5.26 Å². The lowest BCUT2D eigenvalue weighted by Gasteiger charge is -2.22. The summed E-state index contributed by atoms with van der Waals surface area (Å²) in [5.41, 5.74) is 2.73. The number of ether oxygens (including phenoxy) is 2. The first-order chi connectivity index (χ1) is 13.9. The van der Waals surface area contributed by atoms with Gasteiger partial charge in [0.15, 0.2) is 6.61 Å². The van der Waals surface area contributed by atoms with Crippen LogP contribution in [0.5, 0.6) is 5.75 Å². The summed E-state index contributed by atoms with van der Waals surface area (Å²) in [7, 11) is 1.59. The predicted molar refractivity (Wildman–Crippen MR) is 113 cm³/mol. The maximum atomic E-state index is 12.6. The number of esters is 1. The molecule has 6 nitrogen and oxygen atoms in total. The molecule has 0 aliphatic rings. The molecule has 0 heterocycles. The third-order valence-corrected chi connectivity index (χ3v) is 5.02. The smallest absolute Gasteiger partial charge is 0.316 e. The van der Waals surface area contributed by atoms with E-state index in [-0.39, 0.29) is 31.2 Å². The number of aryl methyl sites for hydroxylation is 2. The van der Waals surface area contributed by atoms with Gasteiger partial charge >= 0.3 is 5.97 Å². The van der Waals surface area contributed by atoms with Gasteiger partial charge in [-0.1, -0.05) is 6.07 Å². The molecule has 1 amide bonds. The molecule has 0 spiro atoms. The number of anilines is 1. The van der Waals surface area contributed by atoms with Crippen LogP contribution in [0.15, 0.2) is 47.4 Å². The van der Waals surface area contributed by atoms with E-state index in [9.17, 15) is 9.59 Å². The van der Waals surface area contributed by atoms with Crippen LogP contribution in [-0.2, 0) is 14.3 Å². The summed E-state index contributed by atoms with van der Waals surface area (Å²) in [6, 6.07) is 15.1. The molecule has 0 saturated heterocycles. The van der Waals surface area contributed by atoms with Crippen molar-refractivity contribution in [2.24, 2.45) is 0 Å². The standard InChI is InChI=1S/C22H24N2O4S/c1-16-11-17(2)13-18(12-16)24(10-4-9-23)21(25)14-28-22(26)15-29-20-7-5-19(27-3)6-8-20/h5-8,11-13H,4,10,14-15H2,1-3H3. The fraction of sp³-hybridized carbons (Fsp3) is 0.318. The Morgan fingerprint density at radius 2 is 1.76 bits per heavy atom. The molecule has 0 saturated carbocycles. The van der Waals surface area contributed by atoms with E-state index in [4.69, 9.17) is 14.7 Å². The summed E-state index contributed by atoms with van der Waals surface area (Å²) >= 11 is 1.32. The van der Waals surface area contributed by atoms with Crippen LogP contribution in [0.2, 0.25) is 0 Å². The van der Waals surface area contributed by atoms with Gasteiger partial charge in [0.2, 0.25) is 0 Å². The van der Waals surface area contributed by atoms with E-state index in [1.54, 1.807) is 7.11 Å². The summed E-state index contributed by atoms with van der Waals surface area (Å²) in [6.45, 7) is 3.77. The van der Waals surface area contributed by atoms with Crippen molar-refractivity contribution in [3.05, 3.63) is 53.6 Å². The number of hydrogen-bond acceptors (Lipinski definition) is 6. The molecule has 0 aromatic heterocycles. The van der Waals surface area contributed by atoms with Gasteiger partial charge in [-0.25, -0.2) is 0 Å². The summed E-state index contributed by atoms with van der Waals surface area (Å²) in [5.74, 6) is 0.0145. The highest BCUT2D eigenvalue weighted by Crippen LogP contribution is 2.22. The van der Waals surface area contributed by atoms with Crippen LogP contribution < -0.4 is 9.64 Å². The molecule has 2 aromatic carbocycles. The molecule has 0 fully saturated rings. The molecule has 0 N–H and O–H groups in total. The van der Waals surface area contributed by atoms with E-state index in [0.717, 1.165) is 21.8 Å². The zero-order valence-electron chi connectivity index (χ0n) is 16.8. The first-order valence-electron chi connectivity index (χ1n) is 9.11. The minimum atomic E-state index is -0.472. The van der Waals surface area contributed by atoms with Gasteiger partial charge in [0, 0.05) is 17.1 Å². The minimum Gasteiger partial charge on any atom is -0.497 e. The van der Waals surface area contributed by atoms with E-state index in [0.29, 0.717) is 5.69 Å². The van der Waals surface area contributed by atoms with E-state index in [1.807, 2.05) is 62.4 Å². The van der Waals surface area contributed by atoms with E-state index in [1.165, 1.54) is 16.7 Å². The molecule has 152 valence electrons. The number of methoxy groups -OCH3 is 1. The highest BCUT2D eigenvalue weighted by atomic mass is 32.2. The van der Waals surface area contributed by atoms with Crippen molar-refractivity contribution >= 4 is 29.3 Å². The molecule has 0 bridgehead atoms. The Kier molecular flexibility index (Phi) is 8.56. The molecular weight excluding hydrogens is 388 g/mol. The number of rotatable bonds is 9. The van der Waals surface area contributed by atoms with Gasteiger partial charge in [0.05, 0.1) is 25.4 Å². The molecule has 0 aliphatic heterocycles. The second-order valence-corrected chi connectivity index (χ2v) is 7.47. The van der Waals surface area contributed by atoms with Crippen molar-refractivity contribution < 1.29 is 19.1 Å². The third-order valence-electron chi connectivity index (χ3n) is 4.04. The van der Waals surface area contributed by atoms with Crippen LogP contribution in [0, 0.1) is 25.2 Å². The van der Waals surface area contributed by atoms with Crippen LogP contribution >= 0.6 is 11.8 Å². The average Bonchev–Trinajstić information content (AvgIpc) is 2.70. The summed E-state index contributed by atoms with van der Waals surface area (Å²) in [5, 5.41) is 8.90. The van der Waals surface area contributed by atoms with Crippen LogP contribution in [-0.4, -0.2) is 37.9 Å². The van der Waals surface area contributed by atoms with Gasteiger partial charge in [-0.15, -0.1) is 11.8 Å². The molecule has 2 aromatic rings. The number of benzene rings is 2. The number of nitrogens with zero attached hydrogens (tertiary/aromatic N) is 2. The first kappa shape index (κ1) is 22.3. The van der Waals surface area contributed by atoms with Crippen molar-refractivity contribution in [3.8, 4) is 11.8 Å². The topological polar surface area (TPSA) is 79.6 Å². The van der Waals surface area contributed by atoms with E-state index >= 15 is 0 Å². The number of nitriles is 1. The summed E-state index contributed by atoms with van der Waals surface area (Å²) in [6.07, 6.45) is 0.194. The Labute approximate surface area is 175 Å². The van der Waals surface area contributed by atoms with Gasteiger partial charge in [0.25, 0.3) is 5.91 Å². The van der Waals surface area contributed by atoms with Gasteiger partial charge in [-0.2, -0.15) is 5.26 Å². The summed E-state index contributed by atoms with van der Waals surface area (Å²) < 4.78 is 10.3. The Morgan fingerprint density at radius 1 is 1.10 bits per heavy atom. The van der Waals surface area contributed by atoms with Crippen molar-refractivity contribution in [3.63, 3.8) is 0 Å². The maximum Gasteiger partial charge on any atom is 0.316 e. The molecule has 0 unspecified atom stereocenters. The molecule has 0 radical (unpaired) electrons. The van der Waals surface area contributed by atoms with Crippen molar-refractivity contribution in [1.82, 2.24) is 0 Å². The maximum absolute atomic E-state index is 12.6. The zero-order chi connectivity index (χ0) is 21.2. The molecular formula is C22H24N2O4S. The van der Waals surface area contributed by atoms with Crippen LogP contribution in [0.4, 0.5) is 5.69 Å². The Balaban J connectivity index is 1.92. The minimum absolute atomic E-state index is 0.0986. The quantitative estimate of drug-likeness (QED) is 0.459. The zero-order valence-corrected chi connectivity index (χ0v) is 17.6. The Hall–Kier alpha value is -2.98. The first-order valence-corrected chi connectivity index (χ1v) is 10.1. The SMILES string of the molecule is COc1ccc(SCC(=O)OCC(=O)N(CCC#N)c2cc(C)cc(C)c2)cc1. The number of amides is 1. The van der Waals surface area contributed by atoms with Crippen molar-refractivity contribution in [2.45, 2.75) is 25.2 Å². The highest BCUT2D eigenvalue weighted by Gasteiger charge is 2.18. The molecule has 29 heavy (non-hydrogen) atoms. The Bertz CT molecular complexity index is 870. The molecule has 0 aliphatic carbocycles. The van der Waals surface area contributed by atoms with E-state index < -0.39 is 5.97 Å². The van der Waals surface area contributed by atoms with Crippen LogP contribution in [0.1, 0.15) is 17.5 Å². The fourth-order valence-electron chi connectivity index (χ4n) is 2.74. The number of thioether (sulfide) groups is 1. The molecule has 2 rings (SSSR count). The highest BCUT2D eigenvalue weighted by molar-refractivity contribution is 8.00. The lowest BCUT2D eigenvalue weighted by Crippen LogP contribution is -2.35. The second-order valence-electron chi connectivity index (χ2n) is 6.42. The molecule has 0 atom stereocenters. The van der Waals surface area contributed by atoms with Crippen molar-refractivity contribution in [2.75, 3.05) is 30.9 Å². The van der Waals surface area contributed by atoms with Crippen LogP contribution in [0.3, 0.4) is 0 Å².